The van der Waals surface area contributed by atoms with Crippen LogP contribution in [0.25, 0.3) is 0 Å². The van der Waals surface area contributed by atoms with Crippen LogP contribution in [-0.4, -0.2) is 25.4 Å². The number of carboxylic acid groups (broad SMARTS) is 1. The van der Waals surface area contributed by atoms with Gasteiger partial charge >= 0.3 is 6.16 Å². The average molecular weight is 107 g/mol. The Morgan fingerprint density at radius 3 is 1.86 bits per heavy atom. The Balaban J connectivity index is 0. The maximum atomic E-state index is 9.15. The first-order valence-electron chi connectivity index (χ1n) is 1.62. The molecule has 0 aromatic heterocycles. The molecule has 3 N–H and O–H groups in total. The molecule has 44 valence electrons. The molecule has 0 bridgehead atoms. The van der Waals surface area contributed by atoms with Gasteiger partial charge in [0.25, 0.3) is 0 Å². The Morgan fingerprint density at radius 1 is 1.71 bits per heavy atom. The molecule has 0 aromatic carbocycles. The molecule has 7 heavy (non-hydrogen) atoms. The molecular weight excluding hydrogens is 98.0 g/mol. The monoisotopic (exact) mass is 107 g/mol. The van der Waals surface area contributed by atoms with Crippen LogP contribution in [0.3, 0.4) is 0 Å². The third-order valence-corrected chi connectivity index (χ3v) is 0.175. The minimum Gasteiger partial charge on any atom is -0.450 e. The summed E-state index contributed by atoms with van der Waals surface area (Å²) in [6, 6.07) is 0. The zero-order valence-corrected chi connectivity index (χ0v) is 4.34. The number of carbonyl (C=O) groups is 1. The van der Waals surface area contributed by atoms with Gasteiger partial charge in [-0.05, 0) is 7.05 Å². The fourth-order valence-corrected chi connectivity index (χ4v) is 0. The predicted octanol–water partition coefficient (Wildman–Crippen LogP) is -0.114. The van der Waals surface area contributed by atoms with Gasteiger partial charge in [-0.3, -0.25) is 0 Å². The molecule has 4 nitrogen and oxygen atoms in total. The summed E-state index contributed by atoms with van der Waals surface area (Å²) in [5, 5.41) is 7.50. The average Bonchev–Trinajstić information content (AvgIpc) is 1.73. The van der Waals surface area contributed by atoms with Gasteiger partial charge in [0.15, 0.2) is 0 Å². The van der Waals surface area contributed by atoms with Crippen LogP contribution in [0.5, 0.6) is 0 Å². The van der Waals surface area contributed by atoms with Crippen molar-refractivity contribution in [1.29, 1.82) is 0 Å². The summed E-state index contributed by atoms with van der Waals surface area (Å²) < 4.78 is 3.67. The molecule has 4 heteroatoms. The number of hydrogen-bond acceptors (Lipinski definition) is 3. The zero-order chi connectivity index (χ0) is 6.28. The molecule has 0 fully saturated rings. The van der Waals surface area contributed by atoms with Crippen molar-refractivity contribution in [2.75, 3.05) is 14.2 Å². The Labute approximate surface area is 41.9 Å². The van der Waals surface area contributed by atoms with Crippen LogP contribution in [0, 0.1) is 0 Å². The van der Waals surface area contributed by atoms with Crippen LogP contribution in [0.1, 0.15) is 0 Å². The van der Waals surface area contributed by atoms with Gasteiger partial charge in [0.1, 0.15) is 0 Å². The smallest absolute Gasteiger partial charge is 0.450 e. The first kappa shape index (κ1) is 9.52. The van der Waals surface area contributed by atoms with Crippen molar-refractivity contribution in [3.63, 3.8) is 0 Å². The second-order valence-electron chi connectivity index (χ2n) is 0.470. The van der Waals surface area contributed by atoms with Crippen molar-refractivity contribution < 1.29 is 14.6 Å². The van der Waals surface area contributed by atoms with Crippen LogP contribution in [0.2, 0.25) is 0 Å². The maximum Gasteiger partial charge on any atom is 0.505 e. The van der Waals surface area contributed by atoms with Crippen molar-refractivity contribution in [2.45, 2.75) is 0 Å². The first-order valence-corrected chi connectivity index (χ1v) is 1.62. The zero-order valence-electron chi connectivity index (χ0n) is 4.34. The first-order chi connectivity index (χ1) is 3.27. The van der Waals surface area contributed by atoms with E-state index in [9.17, 15) is 0 Å². The Bertz CT molecular complexity index is 45.4. The van der Waals surface area contributed by atoms with Gasteiger partial charge in [-0.25, -0.2) is 4.79 Å². The highest BCUT2D eigenvalue weighted by atomic mass is 16.6. The van der Waals surface area contributed by atoms with Crippen LogP contribution in [-0.2, 0) is 4.74 Å². The summed E-state index contributed by atoms with van der Waals surface area (Å²) in [5.74, 6) is 0. The molecule has 0 heterocycles. The molecule has 0 saturated heterocycles. The predicted molar refractivity (Wildman–Crippen MR) is 25.1 cm³/mol. The highest BCUT2D eigenvalue weighted by molar-refractivity contribution is 5.56. The third-order valence-electron chi connectivity index (χ3n) is 0.175. The number of methoxy groups -OCH3 is 1. The normalized spacial score (nSPS) is 5.57. The molecule has 0 rings (SSSR count). The number of hydrogen-bond donors (Lipinski definition) is 2. The number of nitrogens with two attached hydrogens (primary N) is 1. The largest absolute Gasteiger partial charge is 0.505 e. The van der Waals surface area contributed by atoms with Gasteiger partial charge in [0.2, 0.25) is 0 Å². The van der Waals surface area contributed by atoms with Crippen molar-refractivity contribution in [3.05, 3.63) is 0 Å². The van der Waals surface area contributed by atoms with Crippen LogP contribution in [0.4, 0.5) is 4.79 Å². The highest BCUT2D eigenvalue weighted by Crippen LogP contribution is 1.60. The van der Waals surface area contributed by atoms with E-state index in [1.165, 1.54) is 7.05 Å². The fourth-order valence-electron chi connectivity index (χ4n) is 0. The van der Waals surface area contributed by atoms with E-state index in [-0.39, 0.29) is 0 Å². The van der Waals surface area contributed by atoms with Gasteiger partial charge in [-0.15, -0.1) is 0 Å². The standard InChI is InChI=1S/C2H4O3.CH5N/c1-5-2(3)4;1-2/h1H3,(H,3,4);2H2,1H3. The summed E-state index contributed by atoms with van der Waals surface area (Å²) in [6.07, 6.45) is -1.25. The van der Waals surface area contributed by atoms with Crippen molar-refractivity contribution >= 4 is 6.16 Å². The molecule has 0 aliphatic heterocycles. The minimum absolute atomic E-state index is 1.10. The lowest BCUT2D eigenvalue weighted by molar-refractivity contribution is 0.114. The molecular formula is C3H9NO3. The molecule has 0 aliphatic carbocycles. The lowest BCUT2D eigenvalue weighted by atomic mass is 11.4. The van der Waals surface area contributed by atoms with Gasteiger partial charge in [-0.2, -0.15) is 0 Å². The van der Waals surface area contributed by atoms with E-state index in [1.807, 2.05) is 0 Å². The van der Waals surface area contributed by atoms with E-state index in [4.69, 9.17) is 9.90 Å². The van der Waals surface area contributed by atoms with Crippen molar-refractivity contribution in [3.8, 4) is 0 Å². The highest BCUT2D eigenvalue weighted by Gasteiger charge is 1.80. The second-order valence-corrected chi connectivity index (χ2v) is 0.470. The summed E-state index contributed by atoms with van der Waals surface area (Å²) in [6.45, 7) is 0. The summed E-state index contributed by atoms with van der Waals surface area (Å²) in [4.78, 5) is 9.15. The van der Waals surface area contributed by atoms with E-state index in [1.54, 1.807) is 0 Å². The topological polar surface area (TPSA) is 72.5 Å². The SMILES string of the molecule is CN.COC(=O)O. The number of ether oxygens (including phenoxy) is 1. The fraction of sp³-hybridized carbons (Fsp3) is 0.667. The number of rotatable bonds is 0. The van der Waals surface area contributed by atoms with E-state index in [0.717, 1.165) is 7.11 Å². The summed E-state index contributed by atoms with van der Waals surface area (Å²) >= 11 is 0. The maximum absolute atomic E-state index is 9.15. The van der Waals surface area contributed by atoms with E-state index in [2.05, 4.69) is 10.5 Å². The lowest BCUT2D eigenvalue weighted by Gasteiger charge is -1.79. The molecule has 0 aliphatic rings. The molecule has 0 atom stereocenters. The van der Waals surface area contributed by atoms with Gasteiger partial charge < -0.3 is 15.6 Å². The molecule has 0 saturated carbocycles. The quantitative estimate of drug-likeness (QED) is 0.423. The van der Waals surface area contributed by atoms with Crippen LogP contribution < -0.4 is 5.73 Å². The second kappa shape index (κ2) is 8.97. The van der Waals surface area contributed by atoms with E-state index >= 15 is 0 Å². The van der Waals surface area contributed by atoms with E-state index in [0.29, 0.717) is 0 Å². The van der Waals surface area contributed by atoms with Gasteiger partial charge in [-0.1, -0.05) is 0 Å². The van der Waals surface area contributed by atoms with Crippen molar-refractivity contribution in [1.82, 2.24) is 0 Å². The Kier molecular flexibility index (Phi) is 12.2. The van der Waals surface area contributed by atoms with Gasteiger partial charge in [0, 0.05) is 0 Å². The lowest BCUT2D eigenvalue weighted by Crippen LogP contribution is -1.91. The third kappa shape index (κ3) is 36.1. The summed E-state index contributed by atoms with van der Waals surface area (Å²) in [5.41, 5.74) is 4.50. The van der Waals surface area contributed by atoms with Crippen LogP contribution >= 0.6 is 0 Å². The molecule has 0 aromatic rings. The van der Waals surface area contributed by atoms with E-state index < -0.39 is 6.16 Å². The van der Waals surface area contributed by atoms with Gasteiger partial charge in [0.05, 0.1) is 7.11 Å². The van der Waals surface area contributed by atoms with Crippen molar-refractivity contribution in [2.24, 2.45) is 5.73 Å². The molecule has 0 unspecified atom stereocenters. The molecule has 0 spiro atoms. The van der Waals surface area contributed by atoms with Crippen LogP contribution in [0.15, 0.2) is 0 Å². The summed E-state index contributed by atoms with van der Waals surface area (Å²) in [7, 11) is 2.60. The molecule has 0 radical (unpaired) electrons. The Morgan fingerprint density at radius 2 is 1.86 bits per heavy atom. The molecule has 0 amide bonds. The minimum atomic E-state index is -1.25. The Hall–Kier alpha value is -0.770.